The van der Waals surface area contributed by atoms with E-state index in [1.54, 1.807) is 0 Å². The van der Waals surface area contributed by atoms with Crippen molar-refractivity contribution < 1.29 is 17.5 Å². The first kappa shape index (κ1) is 16.6. The molecule has 0 saturated carbocycles. The second-order valence-electron chi connectivity index (χ2n) is 4.42. The SMILES string of the molecule is CCCCCCCOS(=O)(=O)c1ccccc1[N+](=O)[O-]. The molecular weight excluding hydrogens is 282 g/mol. The molecule has 0 bridgehead atoms. The third-order valence-corrected chi connectivity index (χ3v) is 4.18. The van der Waals surface area contributed by atoms with Crippen LogP contribution in [0, 0.1) is 10.1 Å². The van der Waals surface area contributed by atoms with Gasteiger partial charge in [-0.05, 0) is 12.5 Å². The molecule has 1 aromatic rings. The zero-order valence-corrected chi connectivity index (χ0v) is 12.3. The van der Waals surface area contributed by atoms with Gasteiger partial charge < -0.3 is 0 Å². The van der Waals surface area contributed by atoms with Gasteiger partial charge in [0.15, 0.2) is 4.90 Å². The molecule has 0 aromatic heterocycles. The van der Waals surface area contributed by atoms with Crippen molar-refractivity contribution >= 4 is 15.8 Å². The molecule has 0 amide bonds. The van der Waals surface area contributed by atoms with Crippen LogP contribution in [0.3, 0.4) is 0 Å². The molecule has 1 aromatic carbocycles. The number of unbranched alkanes of at least 4 members (excludes halogenated alkanes) is 4. The lowest BCUT2D eigenvalue weighted by Crippen LogP contribution is -2.10. The Labute approximate surface area is 119 Å². The first-order chi connectivity index (χ1) is 9.49. The van der Waals surface area contributed by atoms with Gasteiger partial charge in [0.1, 0.15) is 0 Å². The van der Waals surface area contributed by atoms with Crippen molar-refractivity contribution in [2.75, 3.05) is 6.61 Å². The molecule has 0 aliphatic rings. The molecular formula is C13H19NO5S. The van der Waals surface area contributed by atoms with Crippen molar-refractivity contribution in [3.63, 3.8) is 0 Å². The number of nitro groups is 1. The molecule has 112 valence electrons. The van der Waals surface area contributed by atoms with E-state index in [9.17, 15) is 18.5 Å². The maximum atomic E-state index is 11.9. The van der Waals surface area contributed by atoms with Gasteiger partial charge >= 0.3 is 10.1 Å². The minimum absolute atomic E-state index is 0.0537. The summed E-state index contributed by atoms with van der Waals surface area (Å²) in [6, 6.07) is 5.19. The fourth-order valence-corrected chi connectivity index (χ4v) is 2.87. The van der Waals surface area contributed by atoms with E-state index in [0.29, 0.717) is 6.42 Å². The van der Waals surface area contributed by atoms with Crippen LogP contribution in [0.2, 0.25) is 0 Å². The Bertz CT molecular complexity index is 541. The molecule has 1 rings (SSSR count). The summed E-state index contributed by atoms with van der Waals surface area (Å²) in [6.07, 6.45) is 4.76. The number of para-hydroxylation sites is 1. The van der Waals surface area contributed by atoms with E-state index in [1.807, 2.05) is 0 Å². The second kappa shape index (κ2) is 7.96. The maximum Gasteiger partial charge on any atom is 0.303 e. The number of hydrogen-bond donors (Lipinski definition) is 0. The van der Waals surface area contributed by atoms with Crippen LogP contribution in [0.5, 0.6) is 0 Å². The number of nitrogens with zero attached hydrogens (tertiary/aromatic N) is 1. The van der Waals surface area contributed by atoms with Crippen molar-refractivity contribution in [1.82, 2.24) is 0 Å². The van der Waals surface area contributed by atoms with E-state index in [0.717, 1.165) is 31.7 Å². The molecule has 0 aliphatic carbocycles. The van der Waals surface area contributed by atoms with Crippen molar-refractivity contribution in [2.24, 2.45) is 0 Å². The molecule has 0 fully saturated rings. The normalized spacial score (nSPS) is 11.4. The average molecular weight is 301 g/mol. The highest BCUT2D eigenvalue weighted by Crippen LogP contribution is 2.24. The number of benzene rings is 1. The van der Waals surface area contributed by atoms with Crippen LogP contribution < -0.4 is 0 Å². The fourth-order valence-electron chi connectivity index (χ4n) is 1.76. The first-order valence-corrected chi connectivity index (χ1v) is 8.02. The lowest BCUT2D eigenvalue weighted by Gasteiger charge is -2.06. The Morgan fingerprint density at radius 3 is 2.45 bits per heavy atom. The summed E-state index contributed by atoms with van der Waals surface area (Å²) < 4.78 is 28.7. The summed E-state index contributed by atoms with van der Waals surface area (Å²) >= 11 is 0. The van der Waals surface area contributed by atoms with Gasteiger partial charge in [-0.3, -0.25) is 14.3 Å². The predicted molar refractivity (Wildman–Crippen MR) is 75.0 cm³/mol. The van der Waals surface area contributed by atoms with Crippen LogP contribution >= 0.6 is 0 Å². The van der Waals surface area contributed by atoms with Gasteiger partial charge in [0.05, 0.1) is 11.5 Å². The quantitative estimate of drug-likeness (QED) is 0.302. The van der Waals surface area contributed by atoms with Gasteiger partial charge in [0.2, 0.25) is 0 Å². The molecule has 0 saturated heterocycles. The van der Waals surface area contributed by atoms with Crippen LogP contribution in [0.4, 0.5) is 5.69 Å². The summed E-state index contributed by atoms with van der Waals surface area (Å²) in [4.78, 5) is 9.69. The highest BCUT2D eigenvalue weighted by atomic mass is 32.2. The molecule has 0 atom stereocenters. The van der Waals surface area contributed by atoms with Crippen LogP contribution in [-0.2, 0) is 14.3 Å². The Kier molecular flexibility index (Phi) is 6.60. The Hall–Kier alpha value is -1.47. The standard InChI is InChI=1S/C13H19NO5S/c1-2-3-4-5-8-11-19-20(17,18)13-10-7-6-9-12(13)14(15)16/h6-7,9-10H,2-5,8,11H2,1H3. The van der Waals surface area contributed by atoms with Crippen LogP contribution in [0.15, 0.2) is 29.2 Å². The maximum absolute atomic E-state index is 11.9. The van der Waals surface area contributed by atoms with E-state index in [4.69, 9.17) is 4.18 Å². The molecule has 0 aliphatic heterocycles. The number of nitro benzene ring substituents is 1. The number of hydrogen-bond acceptors (Lipinski definition) is 5. The van der Waals surface area contributed by atoms with Crippen molar-refractivity contribution in [3.8, 4) is 0 Å². The lowest BCUT2D eigenvalue weighted by molar-refractivity contribution is -0.387. The van der Waals surface area contributed by atoms with Gasteiger partial charge in [-0.15, -0.1) is 0 Å². The molecule has 0 radical (unpaired) electrons. The summed E-state index contributed by atoms with van der Waals surface area (Å²) in [6.45, 7) is 2.15. The summed E-state index contributed by atoms with van der Waals surface area (Å²) in [5.41, 5.74) is -0.460. The average Bonchev–Trinajstić information content (AvgIpc) is 2.42. The largest absolute Gasteiger partial charge is 0.303 e. The van der Waals surface area contributed by atoms with E-state index in [1.165, 1.54) is 18.2 Å². The molecule has 0 heterocycles. The summed E-state index contributed by atoms with van der Waals surface area (Å²) in [5.74, 6) is 0. The third-order valence-electron chi connectivity index (χ3n) is 2.82. The zero-order chi connectivity index (χ0) is 15.0. The smallest absolute Gasteiger partial charge is 0.266 e. The van der Waals surface area contributed by atoms with E-state index in [-0.39, 0.29) is 6.61 Å². The van der Waals surface area contributed by atoms with Crippen LogP contribution in [-0.4, -0.2) is 19.9 Å². The van der Waals surface area contributed by atoms with Crippen molar-refractivity contribution in [3.05, 3.63) is 34.4 Å². The van der Waals surface area contributed by atoms with Gasteiger partial charge in [0, 0.05) is 6.07 Å². The van der Waals surface area contributed by atoms with Crippen LogP contribution in [0.1, 0.15) is 39.0 Å². The summed E-state index contributed by atoms with van der Waals surface area (Å²) in [5, 5.41) is 10.8. The lowest BCUT2D eigenvalue weighted by atomic mass is 10.2. The van der Waals surface area contributed by atoms with Crippen LogP contribution in [0.25, 0.3) is 0 Å². The third kappa shape index (κ3) is 4.90. The summed E-state index contributed by atoms with van der Waals surface area (Å²) in [7, 11) is -4.07. The molecule has 20 heavy (non-hydrogen) atoms. The zero-order valence-electron chi connectivity index (χ0n) is 11.4. The topological polar surface area (TPSA) is 86.5 Å². The molecule has 0 N–H and O–H groups in total. The Balaban J connectivity index is 2.63. The highest BCUT2D eigenvalue weighted by Gasteiger charge is 2.25. The fraction of sp³-hybridized carbons (Fsp3) is 0.538. The molecule has 0 spiro atoms. The first-order valence-electron chi connectivity index (χ1n) is 6.62. The van der Waals surface area contributed by atoms with E-state index < -0.39 is 25.6 Å². The van der Waals surface area contributed by atoms with Gasteiger partial charge in [-0.2, -0.15) is 8.42 Å². The molecule has 6 nitrogen and oxygen atoms in total. The number of rotatable bonds is 9. The Morgan fingerprint density at radius 1 is 1.15 bits per heavy atom. The highest BCUT2D eigenvalue weighted by molar-refractivity contribution is 7.87. The monoisotopic (exact) mass is 301 g/mol. The molecule has 7 heteroatoms. The van der Waals surface area contributed by atoms with Crippen molar-refractivity contribution in [1.29, 1.82) is 0 Å². The minimum atomic E-state index is -4.07. The minimum Gasteiger partial charge on any atom is -0.266 e. The van der Waals surface area contributed by atoms with E-state index >= 15 is 0 Å². The molecule has 0 unspecified atom stereocenters. The van der Waals surface area contributed by atoms with Gasteiger partial charge in [0.25, 0.3) is 5.69 Å². The second-order valence-corrected chi connectivity index (χ2v) is 6.00. The predicted octanol–water partition coefficient (Wildman–Crippen LogP) is 3.27. The Morgan fingerprint density at radius 2 is 1.80 bits per heavy atom. The van der Waals surface area contributed by atoms with E-state index in [2.05, 4.69) is 6.92 Å². The van der Waals surface area contributed by atoms with Gasteiger partial charge in [-0.25, -0.2) is 0 Å². The van der Waals surface area contributed by atoms with Crippen molar-refractivity contribution in [2.45, 2.75) is 43.9 Å². The van der Waals surface area contributed by atoms with Gasteiger partial charge in [-0.1, -0.05) is 44.7 Å².